The third kappa shape index (κ3) is 3.95. The molecule has 0 aliphatic rings. The molecule has 7 nitrogen and oxygen atoms in total. The van der Waals surface area contributed by atoms with Crippen molar-refractivity contribution in [1.29, 1.82) is 0 Å². The Bertz CT molecular complexity index is 435. The van der Waals surface area contributed by atoms with Gasteiger partial charge in [0.25, 0.3) is 0 Å². The molecule has 0 aromatic carbocycles. The molecule has 0 bridgehead atoms. The van der Waals surface area contributed by atoms with E-state index in [0.29, 0.717) is 11.7 Å². The van der Waals surface area contributed by atoms with E-state index < -0.39 is 11.9 Å². The van der Waals surface area contributed by atoms with Crippen LogP contribution in [0.15, 0.2) is 0 Å². The molecule has 1 rings (SSSR count). The van der Waals surface area contributed by atoms with Gasteiger partial charge in [-0.1, -0.05) is 18.3 Å². The molecular weight excluding hydrogens is 256 g/mol. The first-order chi connectivity index (χ1) is 8.43. The summed E-state index contributed by atoms with van der Waals surface area (Å²) in [5, 5.41) is 20.2. The van der Waals surface area contributed by atoms with Crippen molar-refractivity contribution in [1.82, 2.24) is 15.1 Å². The Morgan fingerprint density at radius 3 is 2.61 bits per heavy atom. The Kier molecular flexibility index (Phi) is 5.02. The van der Waals surface area contributed by atoms with Gasteiger partial charge < -0.3 is 10.0 Å². The molecule has 0 spiro atoms. The number of carbonyl (C=O) groups excluding carboxylic acids is 1. The summed E-state index contributed by atoms with van der Waals surface area (Å²) in [5.41, 5.74) is 0. The number of carbonyl (C=O) groups is 2. The molecule has 100 valence electrons. The summed E-state index contributed by atoms with van der Waals surface area (Å²) in [4.78, 5) is 24.1. The number of aromatic nitrogens is 2. The highest BCUT2D eigenvalue weighted by Crippen LogP contribution is 2.14. The van der Waals surface area contributed by atoms with Crippen LogP contribution in [-0.2, 0) is 4.79 Å². The van der Waals surface area contributed by atoms with Crippen molar-refractivity contribution in [2.24, 2.45) is 5.92 Å². The minimum absolute atomic E-state index is 0.162. The van der Waals surface area contributed by atoms with Gasteiger partial charge in [0.1, 0.15) is 5.01 Å². The van der Waals surface area contributed by atoms with Gasteiger partial charge in [0.15, 0.2) is 0 Å². The summed E-state index contributed by atoms with van der Waals surface area (Å²) in [6, 6.07) is -0.359. The maximum atomic E-state index is 11.9. The number of aliphatic carboxylic acids is 1. The molecule has 1 heterocycles. The van der Waals surface area contributed by atoms with Gasteiger partial charge in [-0.2, -0.15) is 0 Å². The molecule has 0 saturated carbocycles. The largest absolute Gasteiger partial charge is 0.481 e. The number of aryl methyl sites for hydroxylation is 1. The Morgan fingerprint density at radius 2 is 2.17 bits per heavy atom. The number of nitrogens with zero attached hydrogens (tertiary/aromatic N) is 3. The third-order valence-corrected chi connectivity index (χ3v) is 3.08. The highest BCUT2D eigenvalue weighted by molar-refractivity contribution is 7.15. The maximum absolute atomic E-state index is 11.9. The number of rotatable bonds is 5. The predicted octanol–water partition coefficient (Wildman–Crippen LogP) is 1.42. The molecule has 0 radical (unpaired) electrons. The standard InChI is InChI=1S/C10H16N4O3S/c1-4-14(5-6(2)8(15)16)10(17)11-9-13-12-7(3)18-9/h6H,4-5H2,1-3H3,(H,15,16)(H,11,13,17). The van der Waals surface area contributed by atoms with E-state index in [9.17, 15) is 9.59 Å². The Morgan fingerprint density at radius 1 is 1.50 bits per heavy atom. The van der Waals surface area contributed by atoms with Crippen LogP contribution in [0.1, 0.15) is 18.9 Å². The van der Waals surface area contributed by atoms with E-state index in [1.54, 1.807) is 20.8 Å². The minimum Gasteiger partial charge on any atom is -0.481 e. The lowest BCUT2D eigenvalue weighted by Crippen LogP contribution is -2.39. The van der Waals surface area contributed by atoms with E-state index in [1.165, 1.54) is 16.2 Å². The fourth-order valence-corrected chi connectivity index (χ4v) is 1.86. The quantitative estimate of drug-likeness (QED) is 0.845. The van der Waals surface area contributed by atoms with Crippen LogP contribution in [0.5, 0.6) is 0 Å². The fraction of sp³-hybridized carbons (Fsp3) is 0.600. The topological polar surface area (TPSA) is 95.4 Å². The van der Waals surface area contributed by atoms with Gasteiger partial charge in [-0.25, -0.2) is 4.79 Å². The molecule has 1 atom stereocenters. The molecule has 1 unspecified atom stereocenters. The molecule has 1 aromatic heterocycles. The van der Waals surface area contributed by atoms with Crippen molar-refractivity contribution in [2.45, 2.75) is 20.8 Å². The van der Waals surface area contributed by atoms with E-state index in [0.717, 1.165) is 5.01 Å². The smallest absolute Gasteiger partial charge is 0.323 e. The highest BCUT2D eigenvalue weighted by atomic mass is 32.1. The number of carboxylic acid groups (broad SMARTS) is 1. The zero-order valence-electron chi connectivity index (χ0n) is 10.5. The molecule has 0 aliphatic carbocycles. The average molecular weight is 272 g/mol. The number of hydrogen-bond donors (Lipinski definition) is 2. The lowest BCUT2D eigenvalue weighted by Gasteiger charge is -2.22. The summed E-state index contributed by atoms with van der Waals surface area (Å²) in [6.45, 7) is 5.74. The van der Waals surface area contributed by atoms with Crippen LogP contribution in [0, 0.1) is 12.8 Å². The fourth-order valence-electron chi connectivity index (χ4n) is 1.28. The van der Waals surface area contributed by atoms with E-state index >= 15 is 0 Å². The highest BCUT2D eigenvalue weighted by Gasteiger charge is 2.20. The van der Waals surface area contributed by atoms with Crippen LogP contribution in [-0.4, -0.2) is 45.3 Å². The number of urea groups is 1. The average Bonchev–Trinajstić information content (AvgIpc) is 2.70. The van der Waals surface area contributed by atoms with Crippen molar-refractivity contribution in [3.05, 3.63) is 5.01 Å². The Balaban J connectivity index is 2.59. The van der Waals surface area contributed by atoms with Gasteiger partial charge in [0, 0.05) is 13.1 Å². The SMILES string of the molecule is CCN(CC(C)C(=O)O)C(=O)Nc1nnc(C)s1. The zero-order chi connectivity index (χ0) is 13.7. The first-order valence-corrected chi connectivity index (χ1v) is 6.34. The van der Waals surface area contributed by atoms with Crippen LogP contribution in [0.4, 0.5) is 9.93 Å². The van der Waals surface area contributed by atoms with Gasteiger partial charge >= 0.3 is 12.0 Å². The van der Waals surface area contributed by atoms with Crippen LogP contribution in [0.3, 0.4) is 0 Å². The molecule has 0 fully saturated rings. The minimum atomic E-state index is -0.923. The number of carboxylic acids is 1. The molecule has 1 aromatic rings. The van der Waals surface area contributed by atoms with E-state index in [2.05, 4.69) is 15.5 Å². The molecule has 18 heavy (non-hydrogen) atoms. The van der Waals surface area contributed by atoms with E-state index in [-0.39, 0.29) is 12.6 Å². The lowest BCUT2D eigenvalue weighted by atomic mass is 10.2. The van der Waals surface area contributed by atoms with Crippen molar-refractivity contribution in [3.8, 4) is 0 Å². The summed E-state index contributed by atoms with van der Waals surface area (Å²) >= 11 is 1.27. The number of nitrogens with one attached hydrogen (secondary N) is 1. The van der Waals surface area contributed by atoms with Crippen molar-refractivity contribution >= 4 is 28.5 Å². The summed E-state index contributed by atoms with van der Waals surface area (Å²) < 4.78 is 0. The monoisotopic (exact) mass is 272 g/mol. The van der Waals surface area contributed by atoms with Gasteiger partial charge in [0.05, 0.1) is 5.92 Å². The predicted molar refractivity (Wildman–Crippen MR) is 67.7 cm³/mol. The molecule has 0 saturated heterocycles. The van der Waals surface area contributed by atoms with E-state index in [1.807, 2.05) is 0 Å². The molecule has 2 amide bonds. The maximum Gasteiger partial charge on any atom is 0.323 e. The Labute approximate surface area is 109 Å². The summed E-state index contributed by atoms with van der Waals surface area (Å²) in [5.74, 6) is -1.53. The van der Waals surface area contributed by atoms with Crippen LogP contribution >= 0.6 is 11.3 Å². The number of amides is 2. The second-order valence-electron chi connectivity index (χ2n) is 3.83. The molecule has 8 heteroatoms. The molecule has 0 aliphatic heterocycles. The van der Waals surface area contributed by atoms with Crippen LogP contribution in [0.2, 0.25) is 0 Å². The van der Waals surface area contributed by atoms with Crippen LogP contribution < -0.4 is 5.32 Å². The van der Waals surface area contributed by atoms with Crippen molar-refractivity contribution in [2.75, 3.05) is 18.4 Å². The van der Waals surface area contributed by atoms with Gasteiger partial charge in [-0.15, -0.1) is 10.2 Å². The van der Waals surface area contributed by atoms with Crippen molar-refractivity contribution < 1.29 is 14.7 Å². The molecular formula is C10H16N4O3S. The second-order valence-corrected chi connectivity index (χ2v) is 5.02. The first kappa shape index (κ1) is 14.4. The summed E-state index contributed by atoms with van der Waals surface area (Å²) in [6.07, 6.45) is 0. The zero-order valence-corrected chi connectivity index (χ0v) is 11.3. The van der Waals surface area contributed by atoms with Gasteiger partial charge in [-0.05, 0) is 13.8 Å². The lowest BCUT2D eigenvalue weighted by molar-refractivity contribution is -0.141. The van der Waals surface area contributed by atoms with Gasteiger partial charge in [-0.3, -0.25) is 10.1 Å². The summed E-state index contributed by atoms with van der Waals surface area (Å²) in [7, 11) is 0. The Hall–Kier alpha value is -1.70. The first-order valence-electron chi connectivity index (χ1n) is 5.52. The second kappa shape index (κ2) is 6.29. The number of hydrogen-bond acceptors (Lipinski definition) is 5. The van der Waals surface area contributed by atoms with E-state index in [4.69, 9.17) is 5.11 Å². The number of anilines is 1. The normalized spacial score (nSPS) is 11.9. The van der Waals surface area contributed by atoms with Crippen molar-refractivity contribution in [3.63, 3.8) is 0 Å². The molecule has 2 N–H and O–H groups in total. The third-order valence-electron chi connectivity index (χ3n) is 2.32. The van der Waals surface area contributed by atoms with Gasteiger partial charge in [0.2, 0.25) is 5.13 Å². The van der Waals surface area contributed by atoms with Crippen LogP contribution in [0.25, 0.3) is 0 Å².